The van der Waals surface area contributed by atoms with Crippen LogP contribution in [0.2, 0.25) is 0 Å². The van der Waals surface area contributed by atoms with Crippen molar-refractivity contribution in [3.63, 3.8) is 0 Å². The lowest BCUT2D eigenvalue weighted by molar-refractivity contribution is 0.0509. The van der Waals surface area contributed by atoms with Gasteiger partial charge >= 0.3 is 0 Å². The third-order valence-corrected chi connectivity index (χ3v) is 5.04. The molecule has 0 radical (unpaired) electrons. The summed E-state index contributed by atoms with van der Waals surface area (Å²) >= 11 is 1.68. The number of nitrogens with zero attached hydrogens (tertiary/aromatic N) is 3. The first kappa shape index (κ1) is 17.2. The summed E-state index contributed by atoms with van der Waals surface area (Å²) in [6.07, 6.45) is 5.76. The molecule has 0 spiro atoms. The molecule has 6 heteroatoms. The molecule has 1 fully saturated rings. The lowest BCUT2D eigenvalue weighted by atomic mass is 10.1. The molecule has 1 aliphatic heterocycles. The molecule has 0 aromatic carbocycles. The molecule has 1 atom stereocenters. The van der Waals surface area contributed by atoms with E-state index in [0.29, 0.717) is 18.7 Å². The Morgan fingerprint density at radius 1 is 1.50 bits per heavy atom. The van der Waals surface area contributed by atoms with Crippen molar-refractivity contribution in [2.75, 3.05) is 13.2 Å². The third kappa shape index (κ3) is 4.05. The van der Waals surface area contributed by atoms with Gasteiger partial charge in [0.2, 0.25) is 0 Å². The predicted molar refractivity (Wildman–Crippen MR) is 95.3 cm³/mol. The minimum Gasteiger partial charge on any atom is -0.376 e. The van der Waals surface area contributed by atoms with E-state index >= 15 is 0 Å². The number of carbonyl (C=O) groups is 1. The van der Waals surface area contributed by atoms with Gasteiger partial charge in [-0.15, -0.1) is 11.3 Å². The van der Waals surface area contributed by atoms with Crippen LogP contribution >= 0.6 is 11.3 Å². The van der Waals surface area contributed by atoms with Crippen molar-refractivity contribution in [3.8, 4) is 0 Å². The third-order valence-electron chi connectivity index (χ3n) is 4.18. The number of hydrogen-bond donors (Lipinski definition) is 0. The van der Waals surface area contributed by atoms with Crippen LogP contribution in [0.3, 0.4) is 0 Å². The first-order chi connectivity index (χ1) is 11.4. The van der Waals surface area contributed by atoms with Gasteiger partial charge in [0.15, 0.2) is 0 Å². The fourth-order valence-electron chi connectivity index (χ4n) is 2.83. The number of hydrogen-bond acceptors (Lipinski definition) is 4. The fraction of sp³-hybridized carbons (Fsp3) is 0.556. The molecule has 3 heterocycles. The second-order valence-electron chi connectivity index (χ2n) is 7.24. The number of amides is 1. The van der Waals surface area contributed by atoms with Crippen molar-refractivity contribution < 1.29 is 9.53 Å². The van der Waals surface area contributed by atoms with Gasteiger partial charge in [0.25, 0.3) is 5.91 Å². The number of carbonyl (C=O) groups excluding carboxylic acids is 1. The van der Waals surface area contributed by atoms with Crippen LogP contribution in [0, 0.1) is 0 Å². The molecule has 1 saturated heterocycles. The maximum Gasteiger partial charge on any atom is 0.257 e. The van der Waals surface area contributed by atoms with Crippen LogP contribution in [0.1, 0.15) is 48.8 Å². The van der Waals surface area contributed by atoms with E-state index in [1.807, 2.05) is 27.2 Å². The van der Waals surface area contributed by atoms with Crippen LogP contribution in [0.5, 0.6) is 0 Å². The van der Waals surface area contributed by atoms with Crippen molar-refractivity contribution in [1.82, 2.24) is 14.7 Å². The van der Waals surface area contributed by atoms with E-state index in [4.69, 9.17) is 4.74 Å². The Kier molecular flexibility index (Phi) is 5.06. The molecule has 5 nitrogen and oxygen atoms in total. The van der Waals surface area contributed by atoms with Gasteiger partial charge in [0.1, 0.15) is 0 Å². The topological polar surface area (TPSA) is 47.4 Å². The van der Waals surface area contributed by atoms with Gasteiger partial charge in [-0.05, 0) is 45.1 Å². The van der Waals surface area contributed by atoms with E-state index < -0.39 is 0 Å². The number of thiophene rings is 1. The van der Waals surface area contributed by atoms with Gasteiger partial charge < -0.3 is 9.64 Å². The Balaban J connectivity index is 1.77. The largest absolute Gasteiger partial charge is 0.376 e. The highest BCUT2D eigenvalue weighted by Gasteiger charge is 2.25. The average Bonchev–Trinajstić information content (AvgIpc) is 3.27. The molecular formula is C18H25N3O2S. The summed E-state index contributed by atoms with van der Waals surface area (Å²) in [5.74, 6) is 0.0226. The maximum atomic E-state index is 13.0. The van der Waals surface area contributed by atoms with E-state index in [9.17, 15) is 4.79 Å². The van der Waals surface area contributed by atoms with Crippen LogP contribution in [-0.2, 0) is 16.8 Å². The highest BCUT2D eigenvalue weighted by atomic mass is 32.1. The monoisotopic (exact) mass is 347 g/mol. The summed E-state index contributed by atoms with van der Waals surface area (Å²) in [7, 11) is 0. The summed E-state index contributed by atoms with van der Waals surface area (Å²) in [6, 6.07) is 4.09. The van der Waals surface area contributed by atoms with Gasteiger partial charge in [-0.2, -0.15) is 5.10 Å². The molecule has 24 heavy (non-hydrogen) atoms. The Bertz CT molecular complexity index is 667. The maximum absolute atomic E-state index is 13.0. The molecule has 1 amide bonds. The van der Waals surface area contributed by atoms with Crippen molar-refractivity contribution in [1.29, 1.82) is 0 Å². The van der Waals surface area contributed by atoms with E-state index in [0.717, 1.165) is 19.4 Å². The fourth-order valence-corrected chi connectivity index (χ4v) is 3.55. The quantitative estimate of drug-likeness (QED) is 0.831. The number of aromatic nitrogens is 2. The predicted octanol–water partition coefficient (Wildman–Crippen LogP) is 3.52. The number of ether oxygens (including phenoxy) is 1. The van der Waals surface area contributed by atoms with Gasteiger partial charge in [0, 0.05) is 24.2 Å². The summed E-state index contributed by atoms with van der Waals surface area (Å²) in [6.45, 7) is 8.28. The van der Waals surface area contributed by atoms with Crippen LogP contribution in [0.15, 0.2) is 29.9 Å². The minimum absolute atomic E-state index is 0.0226. The Morgan fingerprint density at radius 2 is 2.33 bits per heavy atom. The van der Waals surface area contributed by atoms with Gasteiger partial charge in [-0.1, -0.05) is 6.07 Å². The second-order valence-corrected chi connectivity index (χ2v) is 8.28. The average molecular weight is 347 g/mol. The summed E-state index contributed by atoms with van der Waals surface area (Å²) < 4.78 is 7.58. The van der Waals surface area contributed by atoms with Gasteiger partial charge in [0.05, 0.1) is 29.9 Å². The van der Waals surface area contributed by atoms with Crippen LogP contribution < -0.4 is 0 Å². The Hall–Kier alpha value is -1.66. The zero-order chi connectivity index (χ0) is 17.2. The van der Waals surface area contributed by atoms with E-state index in [-0.39, 0.29) is 17.6 Å². The normalized spacial score (nSPS) is 18.0. The summed E-state index contributed by atoms with van der Waals surface area (Å²) in [4.78, 5) is 16.1. The molecule has 0 saturated carbocycles. The second kappa shape index (κ2) is 7.07. The molecule has 0 bridgehead atoms. The standard InChI is InChI=1S/C18H25N3O2S/c1-18(2,3)21-11-14(10-19-21)17(22)20(12-15-6-4-8-23-15)13-16-7-5-9-24-16/h5,7,9-11,15H,4,6,8,12-13H2,1-3H3. The van der Waals surface area contributed by atoms with Crippen LogP contribution in [0.25, 0.3) is 0 Å². The van der Waals surface area contributed by atoms with Crippen molar-refractivity contribution in [2.45, 2.75) is 51.8 Å². The number of rotatable bonds is 5. The summed E-state index contributed by atoms with van der Waals surface area (Å²) in [5, 5.41) is 6.40. The van der Waals surface area contributed by atoms with E-state index in [2.05, 4.69) is 31.9 Å². The first-order valence-electron chi connectivity index (χ1n) is 8.42. The zero-order valence-electron chi connectivity index (χ0n) is 14.6. The Labute approximate surface area is 147 Å². The SMILES string of the molecule is CC(C)(C)n1cc(C(=O)N(Cc2cccs2)CC2CCCO2)cn1. The lowest BCUT2D eigenvalue weighted by Gasteiger charge is -2.24. The first-order valence-corrected chi connectivity index (χ1v) is 9.30. The molecule has 2 aromatic rings. The minimum atomic E-state index is -0.133. The lowest BCUT2D eigenvalue weighted by Crippen LogP contribution is -2.36. The molecular weight excluding hydrogens is 322 g/mol. The van der Waals surface area contributed by atoms with Crippen molar-refractivity contribution >= 4 is 17.2 Å². The highest BCUT2D eigenvalue weighted by molar-refractivity contribution is 7.09. The smallest absolute Gasteiger partial charge is 0.257 e. The van der Waals surface area contributed by atoms with E-state index in [1.54, 1.807) is 17.5 Å². The van der Waals surface area contributed by atoms with Gasteiger partial charge in [-0.25, -0.2) is 0 Å². The molecule has 0 aliphatic carbocycles. The van der Waals surface area contributed by atoms with Gasteiger partial charge in [-0.3, -0.25) is 9.48 Å². The van der Waals surface area contributed by atoms with Crippen molar-refractivity contribution in [3.05, 3.63) is 40.3 Å². The molecule has 1 aliphatic rings. The molecule has 2 aromatic heterocycles. The molecule has 130 valence electrons. The highest BCUT2D eigenvalue weighted by Crippen LogP contribution is 2.20. The molecule has 0 N–H and O–H groups in total. The van der Waals surface area contributed by atoms with Crippen molar-refractivity contribution in [2.24, 2.45) is 0 Å². The molecule has 3 rings (SSSR count). The van der Waals surface area contributed by atoms with Crippen LogP contribution in [0.4, 0.5) is 0 Å². The Morgan fingerprint density at radius 3 is 2.92 bits per heavy atom. The molecule has 1 unspecified atom stereocenters. The van der Waals surface area contributed by atoms with Crippen LogP contribution in [-0.4, -0.2) is 39.8 Å². The van der Waals surface area contributed by atoms with E-state index in [1.165, 1.54) is 4.88 Å². The zero-order valence-corrected chi connectivity index (χ0v) is 15.4. The summed E-state index contributed by atoms with van der Waals surface area (Å²) in [5.41, 5.74) is 0.505.